The summed E-state index contributed by atoms with van der Waals surface area (Å²) < 4.78 is 0. The maximum atomic E-state index is 12.9. The Morgan fingerprint density at radius 1 is 0.889 bits per heavy atom. The highest BCUT2D eigenvalue weighted by Crippen LogP contribution is 2.27. The molecule has 0 radical (unpaired) electrons. The second kappa shape index (κ2) is 9.46. The van der Waals surface area contributed by atoms with Crippen LogP contribution in [0.3, 0.4) is 0 Å². The van der Waals surface area contributed by atoms with Gasteiger partial charge in [-0.2, -0.15) is 0 Å². The minimum absolute atomic E-state index is 0.176. The van der Waals surface area contributed by atoms with E-state index in [9.17, 15) is 4.79 Å². The Kier molecular flexibility index (Phi) is 6.76. The van der Waals surface area contributed by atoms with Gasteiger partial charge < -0.3 is 5.32 Å². The molecule has 3 rings (SSSR count). The number of pyridine rings is 2. The van der Waals surface area contributed by atoms with Gasteiger partial charge in [0, 0.05) is 47.9 Å². The number of carbonyl (C=O) groups excluding carboxylic acids is 1. The van der Waals surface area contributed by atoms with Gasteiger partial charge in [-0.05, 0) is 53.1 Å². The number of carbonyl (C=O) groups is 1. The zero-order chi connectivity index (χ0) is 19.1. The second-order valence-corrected chi connectivity index (χ2v) is 6.75. The monoisotopic (exact) mass is 400 g/mol. The standard InChI is InChI=1S/C20H18Cl2N4O/c21-16-1-2-17(18(22)11-16)19(25-12-14-3-7-23-8-4-14)20(27)26-13-15-5-9-24-10-6-15/h1-11,19,25H,12-13H2,(H,26,27). The number of nitrogens with one attached hydrogen (secondary N) is 2. The Labute approximate surface area is 167 Å². The minimum Gasteiger partial charge on any atom is -0.350 e. The SMILES string of the molecule is O=C(NCc1ccncc1)C(NCc1ccncc1)c1ccc(Cl)cc1Cl. The summed E-state index contributed by atoms with van der Waals surface area (Å²) in [7, 11) is 0. The van der Waals surface area contributed by atoms with Crippen LogP contribution in [0.1, 0.15) is 22.7 Å². The summed E-state index contributed by atoms with van der Waals surface area (Å²) in [5.41, 5.74) is 2.65. The van der Waals surface area contributed by atoms with E-state index in [1.165, 1.54) is 0 Å². The molecule has 0 saturated carbocycles. The highest BCUT2D eigenvalue weighted by molar-refractivity contribution is 6.35. The number of halogens is 2. The third-order valence-electron chi connectivity index (χ3n) is 4.01. The van der Waals surface area contributed by atoms with Gasteiger partial charge in [0.15, 0.2) is 0 Å². The molecule has 3 aromatic rings. The molecule has 0 spiro atoms. The van der Waals surface area contributed by atoms with Crippen LogP contribution in [-0.2, 0) is 17.9 Å². The quantitative estimate of drug-likeness (QED) is 0.630. The van der Waals surface area contributed by atoms with E-state index in [0.29, 0.717) is 28.7 Å². The van der Waals surface area contributed by atoms with Crippen LogP contribution in [0, 0.1) is 0 Å². The fraction of sp³-hybridized carbons (Fsp3) is 0.150. The van der Waals surface area contributed by atoms with Crippen LogP contribution < -0.4 is 10.6 Å². The molecule has 138 valence electrons. The Hall–Kier alpha value is -2.47. The van der Waals surface area contributed by atoms with E-state index in [1.54, 1.807) is 43.0 Å². The van der Waals surface area contributed by atoms with Crippen molar-refractivity contribution in [2.24, 2.45) is 0 Å². The molecule has 0 aliphatic heterocycles. The Morgan fingerprint density at radius 3 is 2.07 bits per heavy atom. The molecule has 1 amide bonds. The summed E-state index contributed by atoms with van der Waals surface area (Å²) in [5, 5.41) is 7.17. The van der Waals surface area contributed by atoms with E-state index >= 15 is 0 Å². The largest absolute Gasteiger partial charge is 0.350 e. The molecule has 7 heteroatoms. The highest BCUT2D eigenvalue weighted by atomic mass is 35.5. The van der Waals surface area contributed by atoms with Crippen LogP contribution in [0.4, 0.5) is 0 Å². The lowest BCUT2D eigenvalue weighted by molar-refractivity contribution is -0.123. The van der Waals surface area contributed by atoms with E-state index in [-0.39, 0.29) is 5.91 Å². The van der Waals surface area contributed by atoms with Crippen LogP contribution in [0.15, 0.2) is 67.3 Å². The highest BCUT2D eigenvalue weighted by Gasteiger charge is 2.22. The molecule has 0 bridgehead atoms. The number of benzene rings is 1. The molecular formula is C20H18Cl2N4O. The average Bonchev–Trinajstić information content (AvgIpc) is 2.69. The average molecular weight is 401 g/mol. The maximum absolute atomic E-state index is 12.9. The number of hydrogen-bond acceptors (Lipinski definition) is 4. The summed E-state index contributed by atoms with van der Waals surface area (Å²) in [6.45, 7) is 0.898. The predicted octanol–water partition coefficient (Wildman–Crippen LogP) is 3.93. The van der Waals surface area contributed by atoms with Gasteiger partial charge in [-0.15, -0.1) is 0 Å². The Balaban J connectivity index is 1.76. The third kappa shape index (κ3) is 5.50. The molecule has 0 saturated heterocycles. The second-order valence-electron chi connectivity index (χ2n) is 5.91. The minimum atomic E-state index is -0.621. The van der Waals surface area contributed by atoms with Gasteiger partial charge in [-0.3, -0.25) is 20.1 Å². The van der Waals surface area contributed by atoms with Crippen molar-refractivity contribution in [2.75, 3.05) is 0 Å². The molecule has 0 aliphatic carbocycles. The Morgan fingerprint density at radius 2 is 1.48 bits per heavy atom. The van der Waals surface area contributed by atoms with Gasteiger partial charge in [-0.1, -0.05) is 29.3 Å². The molecule has 0 aliphatic rings. The van der Waals surface area contributed by atoms with E-state index in [2.05, 4.69) is 20.6 Å². The van der Waals surface area contributed by atoms with Gasteiger partial charge >= 0.3 is 0 Å². The first-order valence-electron chi connectivity index (χ1n) is 8.37. The first kappa shape index (κ1) is 19.3. The lowest BCUT2D eigenvalue weighted by Gasteiger charge is -2.20. The van der Waals surface area contributed by atoms with Crippen LogP contribution in [-0.4, -0.2) is 15.9 Å². The number of aromatic nitrogens is 2. The van der Waals surface area contributed by atoms with E-state index in [1.807, 2.05) is 24.3 Å². The van der Waals surface area contributed by atoms with E-state index in [4.69, 9.17) is 23.2 Å². The van der Waals surface area contributed by atoms with Gasteiger partial charge in [0.05, 0.1) is 0 Å². The van der Waals surface area contributed by atoms with Crippen LogP contribution in [0.25, 0.3) is 0 Å². The maximum Gasteiger partial charge on any atom is 0.242 e. The third-order valence-corrected chi connectivity index (χ3v) is 4.57. The van der Waals surface area contributed by atoms with Crippen molar-refractivity contribution < 1.29 is 4.79 Å². The molecule has 1 aromatic carbocycles. The molecule has 5 nitrogen and oxygen atoms in total. The van der Waals surface area contributed by atoms with Crippen molar-refractivity contribution >= 4 is 29.1 Å². The number of amides is 1. The predicted molar refractivity (Wildman–Crippen MR) is 106 cm³/mol. The van der Waals surface area contributed by atoms with E-state index in [0.717, 1.165) is 11.1 Å². The van der Waals surface area contributed by atoms with Crippen molar-refractivity contribution in [3.8, 4) is 0 Å². The van der Waals surface area contributed by atoms with Gasteiger partial charge in [0.2, 0.25) is 5.91 Å². The lowest BCUT2D eigenvalue weighted by Crippen LogP contribution is -2.37. The number of rotatable bonds is 7. The molecule has 1 atom stereocenters. The normalized spacial score (nSPS) is 11.8. The van der Waals surface area contributed by atoms with Crippen LogP contribution in [0.2, 0.25) is 10.0 Å². The first-order valence-corrected chi connectivity index (χ1v) is 9.13. The smallest absolute Gasteiger partial charge is 0.242 e. The Bertz CT molecular complexity index is 891. The van der Waals surface area contributed by atoms with Crippen molar-refractivity contribution in [1.82, 2.24) is 20.6 Å². The molecule has 2 N–H and O–H groups in total. The van der Waals surface area contributed by atoms with Crippen molar-refractivity contribution in [1.29, 1.82) is 0 Å². The summed E-state index contributed by atoms with van der Waals surface area (Å²) in [6.07, 6.45) is 6.81. The zero-order valence-electron chi connectivity index (χ0n) is 14.4. The van der Waals surface area contributed by atoms with Crippen molar-refractivity contribution in [2.45, 2.75) is 19.1 Å². The van der Waals surface area contributed by atoms with Crippen molar-refractivity contribution in [3.05, 3.63) is 94.0 Å². The first-order chi connectivity index (χ1) is 13.1. The summed E-state index contributed by atoms with van der Waals surface area (Å²) in [6, 6.07) is 12.0. The molecule has 2 heterocycles. The van der Waals surface area contributed by atoms with Crippen LogP contribution >= 0.6 is 23.2 Å². The van der Waals surface area contributed by atoms with Crippen molar-refractivity contribution in [3.63, 3.8) is 0 Å². The molecule has 1 unspecified atom stereocenters. The summed E-state index contributed by atoms with van der Waals surface area (Å²) >= 11 is 12.3. The summed E-state index contributed by atoms with van der Waals surface area (Å²) in [5.74, 6) is -0.176. The fourth-order valence-corrected chi connectivity index (χ4v) is 3.11. The molecule has 27 heavy (non-hydrogen) atoms. The molecule has 2 aromatic heterocycles. The number of nitrogens with zero attached hydrogens (tertiary/aromatic N) is 2. The summed E-state index contributed by atoms with van der Waals surface area (Å²) in [4.78, 5) is 20.9. The number of hydrogen-bond donors (Lipinski definition) is 2. The molecular weight excluding hydrogens is 383 g/mol. The van der Waals surface area contributed by atoms with Gasteiger partial charge in [0.25, 0.3) is 0 Å². The lowest BCUT2D eigenvalue weighted by atomic mass is 10.1. The van der Waals surface area contributed by atoms with E-state index < -0.39 is 6.04 Å². The zero-order valence-corrected chi connectivity index (χ0v) is 15.9. The van der Waals surface area contributed by atoms with Gasteiger partial charge in [-0.25, -0.2) is 0 Å². The van der Waals surface area contributed by atoms with Crippen LogP contribution in [0.5, 0.6) is 0 Å². The topological polar surface area (TPSA) is 66.9 Å². The fourth-order valence-electron chi connectivity index (χ4n) is 2.59. The van der Waals surface area contributed by atoms with Gasteiger partial charge in [0.1, 0.15) is 6.04 Å². The molecule has 0 fully saturated rings.